The maximum Gasteiger partial charge on any atom is 0.145 e. The van der Waals surface area contributed by atoms with Crippen LogP contribution in [0.15, 0.2) is 12.1 Å². The van der Waals surface area contributed by atoms with Gasteiger partial charge in [0, 0.05) is 6.07 Å². The van der Waals surface area contributed by atoms with Gasteiger partial charge < -0.3 is 10.5 Å². The lowest BCUT2D eigenvalue weighted by Gasteiger charge is -2.08. The van der Waals surface area contributed by atoms with Crippen molar-refractivity contribution in [3.05, 3.63) is 28.5 Å². The molecule has 0 aliphatic heterocycles. The van der Waals surface area contributed by atoms with Crippen LogP contribution >= 0.6 is 11.6 Å². The quantitative estimate of drug-likeness (QED) is 0.841. The zero-order chi connectivity index (χ0) is 10.6. The third-order valence-corrected chi connectivity index (χ3v) is 2.26. The first kappa shape index (κ1) is 11.3. The highest BCUT2D eigenvalue weighted by Crippen LogP contribution is 2.26. The van der Waals surface area contributed by atoms with Gasteiger partial charge in [-0.3, -0.25) is 0 Å². The molecule has 0 unspecified atom stereocenters. The van der Waals surface area contributed by atoms with Gasteiger partial charge in [-0.05, 0) is 31.0 Å². The molecule has 0 saturated heterocycles. The van der Waals surface area contributed by atoms with Crippen LogP contribution in [0.4, 0.5) is 4.39 Å². The molecule has 0 amide bonds. The summed E-state index contributed by atoms with van der Waals surface area (Å²) < 4.78 is 18.1. The number of ether oxygens (including phenoxy) is 1. The molecule has 0 aliphatic carbocycles. The minimum absolute atomic E-state index is 0.123. The van der Waals surface area contributed by atoms with E-state index in [0.717, 1.165) is 18.4 Å². The number of rotatable bonds is 4. The summed E-state index contributed by atoms with van der Waals surface area (Å²) in [7, 11) is 1.51. The molecule has 0 bridgehead atoms. The molecule has 0 spiro atoms. The fourth-order valence-electron chi connectivity index (χ4n) is 1.25. The fourth-order valence-corrected chi connectivity index (χ4v) is 1.43. The summed E-state index contributed by atoms with van der Waals surface area (Å²) in [6, 6.07) is 2.89. The number of halogens is 2. The number of benzene rings is 1. The number of methoxy groups -OCH3 is 1. The van der Waals surface area contributed by atoms with E-state index in [2.05, 4.69) is 0 Å². The Morgan fingerprint density at radius 2 is 2.21 bits per heavy atom. The second kappa shape index (κ2) is 5.17. The number of hydrogen-bond donors (Lipinski definition) is 1. The van der Waals surface area contributed by atoms with Crippen molar-refractivity contribution in [3.63, 3.8) is 0 Å². The van der Waals surface area contributed by atoms with Crippen LogP contribution in [0.25, 0.3) is 0 Å². The topological polar surface area (TPSA) is 35.2 Å². The van der Waals surface area contributed by atoms with E-state index >= 15 is 0 Å². The van der Waals surface area contributed by atoms with E-state index in [1.807, 2.05) is 0 Å². The third kappa shape index (κ3) is 2.59. The minimum atomic E-state index is -0.458. The van der Waals surface area contributed by atoms with E-state index in [-0.39, 0.29) is 5.02 Å². The van der Waals surface area contributed by atoms with Crippen molar-refractivity contribution >= 4 is 11.6 Å². The Hall–Kier alpha value is -0.800. The number of hydrogen-bond acceptors (Lipinski definition) is 2. The maximum absolute atomic E-state index is 13.0. The predicted molar refractivity (Wildman–Crippen MR) is 55.3 cm³/mol. The molecular formula is C10H13ClFNO. The first-order valence-corrected chi connectivity index (χ1v) is 4.78. The molecule has 0 heterocycles. The van der Waals surface area contributed by atoms with Crippen LogP contribution in [0.1, 0.15) is 12.0 Å². The average Bonchev–Trinajstić information content (AvgIpc) is 2.19. The molecule has 78 valence electrons. The molecule has 1 aromatic carbocycles. The van der Waals surface area contributed by atoms with Gasteiger partial charge >= 0.3 is 0 Å². The van der Waals surface area contributed by atoms with Crippen molar-refractivity contribution in [2.45, 2.75) is 12.8 Å². The molecule has 14 heavy (non-hydrogen) atoms. The Morgan fingerprint density at radius 1 is 1.50 bits per heavy atom. The van der Waals surface area contributed by atoms with Gasteiger partial charge in [0.15, 0.2) is 0 Å². The second-order valence-corrected chi connectivity index (χ2v) is 3.38. The van der Waals surface area contributed by atoms with Gasteiger partial charge in [0.25, 0.3) is 0 Å². The molecule has 1 aromatic rings. The standard InChI is InChI=1S/C10H13ClFNO/c1-14-10-6-9(12)8(11)5-7(10)3-2-4-13/h5-6H,2-4,13H2,1H3. The van der Waals surface area contributed by atoms with Crippen molar-refractivity contribution in [1.82, 2.24) is 0 Å². The highest BCUT2D eigenvalue weighted by Gasteiger charge is 2.08. The Bertz CT molecular complexity index is 317. The molecule has 2 N–H and O–H groups in total. The first-order chi connectivity index (χ1) is 6.69. The summed E-state index contributed by atoms with van der Waals surface area (Å²) in [6.45, 7) is 0.595. The van der Waals surface area contributed by atoms with E-state index in [1.54, 1.807) is 6.07 Å². The minimum Gasteiger partial charge on any atom is -0.496 e. The molecule has 0 aliphatic rings. The van der Waals surface area contributed by atoms with Crippen molar-refractivity contribution in [1.29, 1.82) is 0 Å². The van der Waals surface area contributed by atoms with Crippen molar-refractivity contribution in [2.24, 2.45) is 5.73 Å². The van der Waals surface area contributed by atoms with Crippen molar-refractivity contribution in [2.75, 3.05) is 13.7 Å². The fraction of sp³-hybridized carbons (Fsp3) is 0.400. The van der Waals surface area contributed by atoms with Crippen LogP contribution in [-0.2, 0) is 6.42 Å². The molecule has 0 fully saturated rings. The number of nitrogens with two attached hydrogens (primary N) is 1. The highest BCUT2D eigenvalue weighted by molar-refractivity contribution is 6.30. The largest absolute Gasteiger partial charge is 0.496 e. The van der Waals surface area contributed by atoms with E-state index in [4.69, 9.17) is 22.1 Å². The van der Waals surface area contributed by atoms with E-state index in [0.29, 0.717) is 12.3 Å². The van der Waals surface area contributed by atoms with Gasteiger partial charge in [0.05, 0.1) is 12.1 Å². The maximum atomic E-state index is 13.0. The highest BCUT2D eigenvalue weighted by atomic mass is 35.5. The lowest BCUT2D eigenvalue weighted by Crippen LogP contribution is -2.02. The van der Waals surface area contributed by atoms with Crippen LogP contribution in [0.5, 0.6) is 5.75 Å². The lowest BCUT2D eigenvalue weighted by molar-refractivity contribution is 0.405. The Labute approximate surface area is 87.8 Å². The molecule has 1 rings (SSSR count). The molecule has 0 radical (unpaired) electrons. The lowest BCUT2D eigenvalue weighted by atomic mass is 10.1. The van der Waals surface area contributed by atoms with E-state index in [1.165, 1.54) is 13.2 Å². The molecule has 0 atom stereocenters. The third-order valence-electron chi connectivity index (χ3n) is 1.97. The van der Waals surface area contributed by atoms with Crippen LogP contribution in [0.2, 0.25) is 5.02 Å². The van der Waals surface area contributed by atoms with Crippen LogP contribution in [0, 0.1) is 5.82 Å². The van der Waals surface area contributed by atoms with Gasteiger partial charge in [0.2, 0.25) is 0 Å². The molecule has 0 saturated carbocycles. The Kier molecular flexibility index (Phi) is 4.17. The van der Waals surface area contributed by atoms with Crippen molar-refractivity contribution < 1.29 is 9.13 Å². The van der Waals surface area contributed by atoms with Gasteiger partial charge in [-0.1, -0.05) is 11.6 Å². The first-order valence-electron chi connectivity index (χ1n) is 4.41. The van der Waals surface area contributed by atoms with Gasteiger partial charge in [-0.2, -0.15) is 0 Å². The zero-order valence-corrected chi connectivity index (χ0v) is 8.77. The predicted octanol–water partition coefficient (Wildman–Crippen LogP) is 2.38. The molecular weight excluding hydrogens is 205 g/mol. The summed E-state index contributed by atoms with van der Waals surface area (Å²) in [5.41, 5.74) is 6.28. The smallest absolute Gasteiger partial charge is 0.145 e. The SMILES string of the molecule is COc1cc(F)c(Cl)cc1CCCN. The summed E-state index contributed by atoms with van der Waals surface area (Å²) >= 11 is 5.66. The monoisotopic (exact) mass is 217 g/mol. The zero-order valence-electron chi connectivity index (χ0n) is 8.02. The van der Waals surface area contributed by atoms with Gasteiger partial charge in [0.1, 0.15) is 11.6 Å². The molecule has 4 heteroatoms. The van der Waals surface area contributed by atoms with Crippen LogP contribution in [0.3, 0.4) is 0 Å². The van der Waals surface area contributed by atoms with Crippen LogP contribution in [-0.4, -0.2) is 13.7 Å². The van der Waals surface area contributed by atoms with Gasteiger partial charge in [-0.25, -0.2) is 4.39 Å². The Balaban J connectivity index is 2.95. The van der Waals surface area contributed by atoms with E-state index < -0.39 is 5.82 Å². The summed E-state index contributed by atoms with van der Waals surface area (Å²) in [5, 5.41) is 0.123. The van der Waals surface area contributed by atoms with Crippen LogP contribution < -0.4 is 10.5 Å². The normalized spacial score (nSPS) is 10.3. The summed E-state index contributed by atoms with van der Waals surface area (Å²) in [6.07, 6.45) is 1.58. The number of aryl methyl sites for hydroxylation is 1. The van der Waals surface area contributed by atoms with Gasteiger partial charge in [-0.15, -0.1) is 0 Å². The average molecular weight is 218 g/mol. The molecule has 0 aromatic heterocycles. The Morgan fingerprint density at radius 3 is 2.79 bits per heavy atom. The van der Waals surface area contributed by atoms with E-state index in [9.17, 15) is 4.39 Å². The summed E-state index contributed by atoms with van der Waals surface area (Å²) in [4.78, 5) is 0. The second-order valence-electron chi connectivity index (χ2n) is 2.97. The van der Waals surface area contributed by atoms with Crippen molar-refractivity contribution in [3.8, 4) is 5.75 Å². The molecule has 2 nitrogen and oxygen atoms in total. The summed E-state index contributed by atoms with van der Waals surface area (Å²) in [5.74, 6) is 0.0698.